The number of rotatable bonds is 4. The maximum atomic E-state index is 11.8. The number of hydrogen-bond acceptors (Lipinski definition) is 4. The highest BCUT2D eigenvalue weighted by atomic mass is 16.5. The second kappa shape index (κ2) is 6.48. The van der Waals surface area contributed by atoms with Gasteiger partial charge in [-0.3, -0.25) is 4.98 Å². The van der Waals surface area contributed by atoms with E-state index >= 15 is 0 Å². The fourth-order valence-electron chi connectivity index (χ4n) is 2.46. The lowest BCUT2D eigenvalue weighted by atomic mass is 10.1. The van der Waals surface area contributed by atoms with E-state index < -0.39 is 0 Å². The van der Waals surface area contributed by atoms with Crippen LogP contribution in [-0.2, 0) is 4.74 Å². The van der Waals surface area contributed by atoms with Gasteiger partial charge in [0.2, 0.25) is 0 Å². The second-order valence-corrected chi connectivity index (χ2v) is 5.31. The van der Waals surface area contributed by atoms with Crippen molar-refractivity contribution in [3.63, 3.8) is 0 Å². The van der Waals surface area contributed by atoms with Crippen molar-refractivity contribution in [3.05, 3.63) is 65.9 Å². The molecule has 1 aromatic heterocycles. The van der Waals surface area contributed by atoms with Gasteiger partial charge in [-0.1, -0.05) is 17.7 Å². The summed E-state index contributed by atoms with van der Waals surface area (Å²) < 4.78 is 5.04. The van der Waals surface area contributed by atoms with E-state index in [1.54, 1.807) is 25.3 Å². The van der Waals surface area contributed by atoms with Gasteiger partial charge in [-0.2, -0.15) is 0 Å². The SMILES string of the molecule is CCOC(=O)c1cccc(Nc2ccnc3ccc(C)cc23)c1. The van der Waals surface area contributed by atoms with Gasteiger partial charge in [0.1, 0.15) is 0 Å². The van der Waals surface area contributed by atoms with Gasteiger partial charge in [-0.15, -0.1) is 0 Å². The van der Waals surface area contributed by atoms with Gasteiger partial charge in [-0.25, -0.2) is 4.79 Å². The lowest BCUT2D eigenvalue weighted by Gasteiger charge is -2.11. The van der Waals surface area contributed by atoms with Crippen molar-refractivity contribution < 1.29 is 9.53 Å². The van der Waals surface area contributed by atoms with E-state index in [0.717, 1.165) is 22.3 Å². The molecule has 2 aromatic carbocycles. The van der Waals surface area contributed by atoms with E-state index in [9.17, 15) is 4.79 Å². The van der Waals surface area contributed by atoms with E-state index in [1.807, 2.05) is 30.3 Å². The quantitative estimate of drug-likeness (QED) is 0.723. The first-order chi connectivity index (χ1) is 11.2. The summed E-state index contributed by atoms with van der Waals surface area (Å²) in [4.78, 5) is 16.2. The molecular weight excluding hydrogens is 288 g/mol. The minimum atomic E-state index is -0.313. The van der Waals surface area contributed by atoms with Crippen LogP contribution in [-0.4, -0.2) is 17.6 Å². The lowest BCUT2D eigenvalue weighted by molar-refractivity contribution is 0.0526. The number of fused-ring (bicyclic) bond motifs is 1. The van der Waals surface area contributed by atoms with Gasteiger partial charge in [0.25, 0.3) is 0 Å². The minimum absolute atomic E-state index is 0.313. The molecule has 0 atom stereocenters. The summed E-state index contributed by atoms with van der Waals surface area (Å²) in [5.74, 6) is -0.313. The molecule has 0 saturated heterocycles. The Morgan fingerprint density at radius 1 is 1.17 bits per heavy atom. The number of carbonyl (C=O) groups excluding carboxylic acids is 1. The Kier molecular flexibility index (Phi) is 4.24. The third-order valence-corrected chi connectivity index (χ3v) is 3.55. The number of ether oxygens (including phenoxy) is 1. The van der Waals surface area contributed by atoms with Crippen molar-refractivity contribution in [2.75, 3.05) is 11.9 Å². The molecule has 0 aliphatic carbocycles. The first kappa shape index (κ1) is 15.0. The fraction of sp³-hybridized carbons (Fsp3) is 0.158. The molecule has 0 bridgehead atoms. The first-order valence-electron chi connectivity index (χ1n) is 7.57. The predicted octanol–water partition coefficient (Wildman–Crippen LogP) is 4.46. The maximum Gasteiger partial charge on any atom is 0.338 e. The molecule has 0 unspecified atom stereocenters. The number of aryl methyl sites for hydroxylation is 1. The van der Waals surface area contributed by atoms with Crippen LogP contribution in [0.2, 0.25) is 0 Å². The van der Waals surface area contributed by atoms with Crippen molar-refractivity contribution in [3.8, 4) is 0 Å². The van der Waals surface area contributed by atoms with Crippen LogP contribution in [0.3, 0.4) is 0 Å². The average Bonchev–Trinajstić information content (AvgIpc) is 2.56. The van der Waals surface area contributed by atoms with E-state index in [4.69, 9.17) is 4.74 Å². The number of benzene rings is 2. The number of nitrogens with zero attached hydrogens (tertiary/aromatic N) is 1. The van der Waals surface area contributed by atoms with Crippen LogP contribution >= 0.6 is 0 Å². The Morgan fingerprint density at radius 2 is 2.04 bits per heavy atom. The largest absolute Gasteiger partial charge is 0.462 e. The Morgan fingerprint density at radius 3 is 2.87 bits per heavy atom. The Bertz CT molecular complexity index is 859. The van der Waals surface area contributed by atoms with Crippen LogP contribution in [0.25, 0.3) is 10.9 Å². The zero-order valence-corrected chi connectivity index (χ0v) is 13.2. The van der Waals surface area contributed by atoms with Gasteiger partial charge >= 0.3 is 5.97 Å². The number of hydrogen-bond donors (Lipinski definition) is 1. The summed E-state index contributed by atoms with van der Waals surface area (Å²) in [6, 6.07) is 15.4. The molecule has 4 heteroatoms. The highest BCUT2D eigenvalue weighted by molar-refractivity contribution is 5.94. The maximum absolute atomic E-state index is 11.8. The molecule has 0 spiro atoms. The Hall–Kier alpha value is -2.88. The second-order valence-electron chi connectivity index (χ2n) is 5.31. The molecule has 4 nitrogen and oxygen atoms in total. The number of nitrogens with one attached hydrogen (secondary N) is 1. The van der Waals surface area contributed by atoms with Crippen LogP contribution in [0.1, 0.15) is 22.8 Å². The fourth-order valence-corrected chi connectivity index (χ4v) is 2.46. The van der Waals surface area contributed by atoms with Gasteiger partial charge in [0.05, 0.1) is 17.7 Å². The third kappa shape index (κ3) is 3.31. The summed E-state index contributed by atoms with van der Waals surface area (Å²) in [5.41, 5.74) is 4.44. The molecular formula is C19H18N2O2. The van der Waals surface area contributed by atoms with Gasteiger partial charge in [-0.05, 0) is 50.2 Å². The van der Waals surface area contributed by atoms with Crippen LogP contribution in [0.15, 0.2) is 54.7 Å². The van der Waals surface area contributed by atoms with Crippen molar-refractivity contribution >= 4 is 28.2 Å². The lowest BCUT2D eigenvalue weighted by Crippen LogP contribution is -2.05. The van der Waals surface area contributed by atoms with Crippen molar-refractivity contribution in [2.45, 2.75) is 13.8 Å². The molecule has 116 valence electrons. The van der Waals surface area contributed by atoms with Crippen LogP contribution in [0, 0.1) is 6.92 Å². The number of esters is 1. The predicted molar refractivity (Wildman–Crippen MR) is 92.2 cm³/mol. The zero-order chi connectivity index (χ0) is 16.2. The summed E-state index contributed by atoms with van der Waals surface area (Å²) in [6.07, 6.45) is 1.77. The molecule has 0 fully saturated rings. The number of anilines is 2. The highest BCUT2D eigenvalue weighted by Crippen LogP contribution is 2.26. The third-order valence-electron chi connectivity index (χ3n) is 3.55. The first-order valence-corrected chi connectivity index (χ1v) is 7.57. The highest BCUT2D eigenvalue weighted by Gasteiger charge is 2.08. The van der Waals surface area contributed by atoms with Crippen LogP contribution in [0.5, 0.6) is 0 Å². The van der Waals surface area contributed by atoms with Gasteiger partial charge in [0.15, 0.2) is 0 Å². The molecule has 3 rings (SSSR count). The Labute approximate surface area is 135 Å². The molecule has 0 aliphatic heterocycles. The number of aromatic nitrogens is 1. The van der Waals surface area contributed by atoms with Gasteiger partial charge in [0, 0.05) is 23.0 Å². The Balaban J connectivity index is 1.95. The summed E-state index contributed by atoms with van der Waals surface area (Å²) in [7, 11) is 0. The van der Waals surface area contributed by atoms with E-state index in [-0.39, 0.29) is 5.97 Å². The van der Waals surface area contributed by atoms with E-state index in [0.29, 0.717) is 12.2 Å². The van der Waals surface area contributed by atoms with Crippen molar-refractivity contribution in [1.82, 2.24) is 4.98 Å². The van der Waals surface area contributed by atoms with E-state index in [2.05, 4.69) is 23.3 Å². The van der Waals surface area contributed by atoms with Crippen LogP contribution < -0.4 is 5.32 Å². The topological polar surface area (TPSA) is 51.2 Å². The number of carbonyl (C=O) groups is 1. The molecule has 0 saturated carbocycles. The van der Waals surface area contributed by atoms with Crippen molar-refractivity contribution in [1.29, 1.82) is 0 Å². The molecule has 23 heavy (non-hydrogen) atoms. The minimum Gasteiger partial charge on any atom is -0.462 e. The smallest absolute Gasteiger partial charge is 0.338 e. The number of pyridine rings is 1. The monoisotopic (exact) mass is 306 g/mol. The summed E-state index contributed by atoms with van der Waals surface area (Å²) in [5, 5.41) is 4.41. The molecule has 1 N–H and O–H groups in total. The normalized spacial score (nSPS) is 10.5. The standard InChI is InChI=1S/C19H18N2O2/c1-3-23-19(22)14-5-4-6-15(12-14)21-18-9-10-20-17-8-7-13(2)11-16(17)18/h4-12H,3H2,1-2H3,(H,20,21). The zero-order valence-electron chi connectivity index (χ0n) is 13.2. The van der Waals surface area contributed by atoms with Gasteiger partial charge < -0.3 is 10.1 Å². The molecule has 0 amide bonds. The van der Waals surface area contributed by atoms with Crippen LogP contribution in [0.4, 0.5) is 11.4 Å². The summed E-state index contributed by atoms with van der Waals surface area (Å²) >= 11 is 0. The van der Waals surface area contributed by atoms with E-state index in [1.165, 1.54) is 5.56 Å². The van der Waals surface area contributed by atoms with Crippen molar-refractivity contribution in [2.24, 2.45) is 0 Å². The molecule has 3 aromatic rings. The summed E-state index contributed by atoms with van der Waals surface area (Å²) in [6.45, 7) is 4.22. The average molecular weight is 306 g/mol. The molecule has 0 radical (unpaired) electrons. The molecule has 1 heterocycles. The molecule has 0 aliphatic rings.